The molecule has 19 heavy (non-hydrogen) atoms. The van der Waals surface area contributed by atoms with Gasteiger partial charge in [-0.15, -0.1) is 0 Å². The van der Waals surface area contributed by atoms with Crippen molar-refractivity contribution >= 4 is 11.6 Å². The summed E-state index contributed by atoms with van der Waals surface area (Å²) in [4.78, 5) is 12.1. The Balaban J connectivity index is 2.07. The minimum Gasteiger partial charge on any atom is -0.387 e. The maximum atomic E-state index is 12.1. The number of nitrogens with one attached hydrogen (secondary N) is 2. The first-order valence-electron chi connectivity index (χ1n) is 6.16. The highest BCUT2D eigenvalue weighted by molar-refractivity contribution is 5.99. The lowest BCUT2D eigenvalue weighted by molar-refractivity contribution is 0.0951. The Labute approximate surface area is 112 Å². The molecule has 1 amide bonds. The molecule has 0 radical (unpaired) electrons. The molecule has 2 N–H and O–H groups in total. The molecule has 0 aliphatic heterocycles. The van der Waals surface area contributed by atoms with Gasteiger partial charge in [-0.25, -0.2) is 0 Å². The Hall–Kier alpha value is -2.30. The second kappa shape index (κ2) is 5.56. The summed E-state index contributed by atoms with van der Waals surface area (Å²) in [6.07, 6.45) is 1.92. The summed E-state index contributed by atoms with van der Waals surface area (Å²) >= 11 is 0. The van der Waals surface area contributed by atoms with Gasteiger partial charge < -0.3 is 10.6 Å². The largest absolute Gasteiger partial charge is 0.387 e. The normalized spacial score (nSPS) is 10.3. The van der Waals surface area contributed by atoms with Gasteiger partial charge in [-0.3, -0.25) is 9.48 Å². The summed E-state index contributed by atoms with van der Waals surface area (Å²) in [6.45, 7) is 2.42. The summed E-state index contributed by atoms with van der Waals surface area (Å²) in [5.74, 6) is -0.0896. The molecule has 0 unspecified atom stereocenters. The van der Waals surface area contributed by atoms with Gasteiger partial charge in [0.1, 0.15) is 0 Å². The number of rotatable bonds is 4. The molecule has 2 aromatic rings. The lowest BCUT2D eigenvalue weighted by atomic mass is 10.1. The lowest BCUT2D eigenvalue weighted by Gasteiger charge is -2.09. The van der Waals surface area contributed by atoms with Crippen LogP contribution in [0.5, 0.6) is 0 Å². The van der Waals surface area contributed by atoms with Crippen LogP contribution in [0.15, 0.2) is 30.5 Å². The number of nitrogens with zero attached hydrogens (tertiary/aromatic N) is 2. The van der Waals surface area contributed by atoms with E-state index in [1.54, 1.807) is 17.8 Å². The number of hydrogen-bond acceptors (Lipinski definition) is 3. The molecule has 0 aliphatic carbocycles. The average Bonchev–Trinajstić information content (AvgIpc) is 2.74. The predicted octanol–water partition coefficient (Wildman–Crippen LogP) is 1.70. The van der Waals surface area contributed by atoms with Crippen LogP contribution in [-0.4, -0.2) is 22.7 Å². The number of para-hydroxylation sites is 1. The summed E-state index contributed by atoms with van der Waals surface area (Å²) in [5.41, 5.74) is 3.43. The molecule has 0 fully saturated rings. The first-order chi connectivity index (χ1) is 9.11. The van der Waals surface area contributed by atoms with E-state index in [0.29, 0.717) is 12.1 Å². The number of carbonyl (C=O) groups excluding carboxylic acids is 1. The highest BCUT2D eigenvalue weighted by Crippen LogP contribution is 2.14. The molecule has 0 saturated carbocycles. The van der Waals surface area contributed by atoms with Gasteiger partial charge >= 0.3 is 0 Å². The monoisotopic (exact) mass is 258 g/mol. The number of carbonyl (C=O) groups is 1. The van der Waals surface area contributed by atoms with E-state index in [1.807, 2.05) is 38.4 Å². The van der Waals surface area contributed by atoms with Gasteiger partial charge in [0.15, 0.2) is 0 Å². The fraction of sp³-hybridized carbons (Fsp3) is 0.286. The predicted molar refractivity (Wildman–Crippen MR) is 75.1 cm³/mol. The summed E-state index contributed by atoms with van der Waals surface area (Å²) < 4.78 is 1.75. The number of hydrogen-bond donors (Lipinski definition) is 2. The number of amides is 1. The van der Waals surface area contributed by atoms with Gasteiger partial charge in [0.2, 0.25) is 0 Å². The molecule has 5 nitrogen and oxygen atoms in total. The summed E-state index contributed by atoms with van der Waals surface area (Å²) in [6, 6.07) is 7.43. The number of aryl methyl sites for hydroxylation is 2. The maximum absolute atomic E-state index is 12.1. The van der Waals surface area contributed by atoms with Crippen molar-refractivity contribution in [1.29, 1.82) is 0 Å². The molecule has 100 valence electrons. The summed E-state index contributed by atoms with van der Waals surface area (Å²) in [5, 5.41) is 10.2. The SMILES string of the molecule is CNc1ccccc1C(=O)NCc1cn(C)nc1C. The van der Waals surface area contributed by atoms with Crippen LogP contribution in [-0.2, 0) is 13.6 Å². The van der Waals surface area contributed by atoms with E-state index in [1.165, 1.54) is 0 Å². The van der Waals surface area contributed by atoms with E-state index < -0.39 is 0 Å². The highest BCUT2D eigenvalue weighted by atomic mass is 16.1. The van der Waals surface area contributed by atoms with Gasteiger partial charge in [-0.05, 0) is 19.1 Å². The zero-order valence-electron chi connectivity index (χ0n) is 11.4. The molecule has 1 aromatic carbocycles. The van der Waals surface area contributed by atoms with Crippen molar-refractivity contribution in [2.45, 2.75) is 13.5 Å². The maximum Gasteiger partial charge on any atom is 0.253 e. The van der Waals surface area contributed by atoms with Crippen LogP contribution in [0.3, 0.4) is 0 Å². The quantitative estimate of drug-likeness (QED) is 0.877. The van der Waals surface area contributed by atoms with Crippen molar-refractivity contribution in [3.63, 3.8) is 0 Å². The lowest BCUT2D eigenvalue weighted by Crippen LogP contribution is -2.23. The van der Waals surface area contributed by atoms with Crippen molar-refractivity contribution in [1.82, 2.24) is 15.1 Å². The zero-order chi connectivity index (χ0) is 13.8. The van der Waals surface area contributed by atoms with E-state index >= 15 is 0 Å². The Morgan fingerprint density at radius 1 is 1.37 bits per heavy atom. The van der Waals surface area contributed by atoms with Gasteiger partial charge in [0, 0.05) is 38.1 Å². The van der Waals surface area contributed by atoms with Gasteiger partial charge in [0.25, 0.3) is 5.91 Å². The second-order valence-electron chi connectivity index (χ2n) is 4.39. The standard InChI is InChI=1S/C14H18N4O/c1-10-11(9-18(3)17-10)8-16-14(19)12-6-4-5-7-13(12)15-2/h4-7,9,15H,8H2,1-3H3,(H,16,19). The minimum atomic E-state index is -0.0896. The molecule has 1 heterocycles. The minimum absolute atomic E-state index is 0.0896. The Bertz CT molecular complexity index is 589. The van der Waals surface area contributed by atoms with Gasteiger partial charge in [0.05, 0.1) is 11.3 Å². The number of anilines is 1. The molecule has 5 heteroatoms. The van der Waals surface area contributed by atoms with E-state index in [-0.39, 0.29) is 5.91 Å². The third-order valence-corrected chi connectivity index (χ3v) is 3.00. The van der Waals surface area contributed by atoms with Crippen LogP contribution in [0.25, 0.3) is 0 Å². The molecule has 1 aromatic heterocycles. The Morgan fingerprint density at radius 2 is 2.11 bits per heavy atom. The van der Waals surface area contributed by atoms with E-state index in [0.717, 1.165) is 16.9 Å². The number of aromatic nitrogens is 2. The fourth-order valence-corrected chi connectivity index (χ4v) is 1.99. The van der Waals surface area contributed by atoms with Crippen LogP contribution in [0, 0.1) is 6.92 Å². The zero-order valence-corrected chi connectivity index (χ0v) is 11.4. The molecule has 0 bridgehead atoms. The third kappa shape index (κ3) is 2.93. The topological polar surface area (TPSA) is 59.0 Å². The molecular formula is C14H18N4O. The van der Waals surface area contributed by atoms with Crippen molar-refractivity contribution in [2.75, 3.05) is 12.4 Å². The molecular weight excluding hydrogens is 240 g/mol. The van der Waals surface area contributed by atoms with Crippen LogP contribution in [0.1, 0.15) is 21.6 Å². The van der Waals surface area contributed by atoms with Crippen molar-refractivity contribution in [2.24, 2.45) is 7.05 Å². The molecule has 0 atom stereocenters. The van der Waals surface area contributed by atoms with E-state index in [9.17, 15) is 4.79 Å². The first kappa shape index (κ1) is 13.1. The van der Waals surface area contributed by atoms with Crippen LogP contribution in [0.4, 0.5) is 5.69 Å². The van der Waals surface area contributed by atoms with Crippen LogP contribution in [0.2, 0.25) is 0 Å². The molecule has 2 rings (SSSR count). The molecule has 0 aliphatic rings. The smallest absolute Gasteiger partial charge is 0.253 e. The molecule has 0 saturated heterocycles. The highest BCUT2D eigenvalue weighted by Gasteiger charge is 2.10. The van der Waals surface area contributed by atoms with E-state index in [4.69, 9.17) is 0 Å². The van der Waals surface area contributed by atoms with Gasteiger partial charge in [-0.2, -0.15) is 5.10 Å². The average molecular weight is 258 g/mol. The van der Waals surface area contributed by atoms with Crippen molar-refractivity contribution < 1.29 is 4.79 Å². The Kier molecular flexibility index (Phi) is 3.85. The fourth-order valence-electron chi connectivity index (χ4n) is 1.99. The first-order valence-corrected chi connectivity index (χ1v) is 6.16. The van der Waals surface area contributed by atoms with E-state index in [2.05, 4.69) is 15.7 Å². The summed E-state index contributed by atoms with van der Waals surface area (Å²) in [7, 11) is 3.67. The molecule has 0 spiro atoms. The second-order valence-corrected chi connectivity index (χ2v) is 4.39. The van der Waals surface area contributed by atoms with Crippen molar-refractivity contribution in [3.05, 3.63) is 47.3 Å². The van der Waals surface area contributed by atoms with Crippen LogP contribution < -0.4 is 10.6 Å². The van der Waals surface area contributed by atoms with Crippen molar-refractivity contribution in [3.8, 4) is 0 Å². The third-order valence-electron chi connectivity index (χ3n) is 3.00. The van der Waals surface area contributed by atoms with Crippen LogP contribution >= 0.6 is 0 Å². The number of benzene rings is 1. The Morgan fingerprint density at radius 3 is 2.74 bits per heavy atom. The van der Waals surface area contributed by atoms with Gasteiger partial charge in [-0.1, -0.05) is 12.1 Å².